The summed E-state index contributed by atoms with van der Waals surface area (Å²) in [5.41, 5.74) is 0.726. The van der Waals surface area contributed by atoms with E-state index in [1.165, 1.54) is 12.3 Å². The van der Waals surface area contributed by atoms with Gasteiger partial charge in [-0.2, -0.15) is 0 Å². The van der Waals surface area contributed by atoms with Gasteiger partial charge in [0.15, 0.2) is 5.82 Å². The van der Waals surface area contributed by atoms with Crippen LogP contribution in [0.2, 0.25) is 0 Å². The maximum Gasteiger partial charge on any atom is 0.341 e. The Kier molecular flexibility index (Phi) is 5.11. The summed E-state index contributed by atoms with van der Waals surface area (Å²) in [6, 6.07) is 11.8. The molecular formula is C15H16N2O4S. The lowest BCUT2D eigenvalue weighted by atomic mass is 10.2. The summed E-state index contributed by atoms with van der Waals surface area (Å²) in [7, 11) is -3.68. The number of pyridine rings is 1. The van der Waals surface area contributed by atoms with Crippen molar-refractivity contribution >= 4 is 21.8 Å². The predicted octanol–water partition coefficient (Wildman–Crippen LogP) is 2.20. The van der Waals surface area contributed by atoms with E-state index in [2.05, 4.69) is 9.71 Å². The van der Waals surface area contributed by atoms with E-state index >= 15 is 0 Å². The van der Waals surface area contributed by atoms with Gasteiger partial charge in [0, 0.05) is 6.20 Å². The number of carbonyl (C=O) groups is 1. The molecule has 0 radical (unpaired) electrons. The van der Waals surface area contributed by atoms with Gasteiger partial charge in [-0.05, 0) is 24.6 Å². The van der Waals surface area contributed by atoms with Crippen molar-refractivity contribution in [3.05, 3.63) is 59.8 Å². The van der Waals surface area contributed by atoms with Crippen molar-refractivity contribution in [3.63, 3.8) is 0 Å². The molecular weight excluding hydrogens is 304 g/mol. The fourth-order valence-electron chi connectivity index (χ4n) is 1.84. The van der Waals surface area contributed by atoms with Crippen molar-refractivity contribution in [1.82, 2.24) is 4.98 Å². The highest BCUT2D eigenvalue weighted by Crippen LogP contribution is 2.16. The smallest absolute Gasteiger partial charge is 0.341 e. The second kappa shape index (κ2) is 7.04. The number of aromatic nitrogens is 1. The number of sulfonamides is 1. The third-order valence-corrected chi connectivity index (χ3v) is 3.97. The average Bonchev–Trinajstić information content (AvgIpc) is 2.48. The Morgan fingerprint density at radius 3 is 2.59 bits per heavy atom. The topological polar surface area (TPSA) is 85.4 Å². The van der Waals surface area contributed by atoms with Gasteiger partial charge in [-0.3, -0.25) is 4.72 Å². The Hall–Kier alpha value is -2.41. The van der Waals surface area contributed by atoms with E-state index in [4.69, 9.17) is 4.74 Å². The van der Waals surface area contributed by atoms with Gasteiger partial charge >= 0.3 is 5.97 Å². The van der Waals surface area contributed by atoms with Gasteiger partial charge in [0.25, 0.3) is 0 Å². The molecule has 1 aromatic carbocycles. The SMILES string of the molecule is CCOC(=O)c1cccnc1NS(=O)(=O)Cc1ccccc1. The van der Waals surface area contributed by atoms with Crippen LogP contribution in [-0.2, 0) is 20.5 Å². The van der Waals surface area contributed by atoms with Gasteiger partial charge in [0.05, 0.1) is 12.4 Å². The molecule has 2 aromatic rings. The molecule has 2 rings (SSSR count). The normalized spacial score (nSPS) is 11.0. The number of benzene rings is 1. The number of carbonyl (C=O) groups excluding carboxylic acids is 1. The molecule has 0 atom stereocenters. The van der Waals surface area contributed by atoms with Gasteiger partial charge in [-0.25, -0.2) is 18.2 Å². The third kappa shape index (κ3) is 4.29. The third-order valence-electron chi connectivity index (χ3n) is 2.75. The highest BCUT2D eigenvalue weighted by atomic mass is 32.2. The summed E-state index contributed by atoms with van der Waals surface area (Å²) in [6.45, 7) is 1.87. The molecule has 1 heterocycles. The lowest BCUT2D eigenvalue weighted by Gasteiger charge is -2.10. The summed E-state index contributed by atoms with van der Waals surface area (Å²) in [4.78, 5) is 15.7. The Morgan fingerprint density at radius 2 is 1.91 bits per heavy atom. The molecule has 0 aliphatic carbocycles. The van der Waals surface area contributed by atoms with Crippen molar-refractivity contribution in [3.8, 4) is 0 Å². The largest absolute Gasteiger partial charge is 0.462 e. The molecule has 0 spiro atoms. The summed E-state index contributed by atoms with van der Waals surface area (Å²) < 4.78 is 31.6. The Balaban J connectivity index is 2.21. The van der Waals surface area contributed by atoms with Gasteiger partial charge < -0.3 is 4.74 Å². The van der Waals surface area contributed by atoms with Gasteiger partial charge in [0.2, 0.25) is 10.0 Å². The Labute approximate surface area is 129 Å². The van der Waals surface area contributed by atoms with Crippen LogP contribution >= 0.6 is 0 Å². The molecule has 0 fully saturated rings. The molecule has 0 unspecified atom stereocenters. The van der Waals surface area contributed by atoms with Crippen LogP contribution in [0.4, 0.5) is 5.82 Å². The monoisotopic (exact) mass is 320 g/mol. The number of ether oxygens (including phenoxy) is 1. The van der Waals surface area contributed by atoms with Crippen LogP contribution in [0.3, 0.4) is 0 Å². The van der Waals surface area contributed by atoms with E-state index in [-0.39, 0.29) is 23.7 Å². The summed E-state index contributed by atoms with van der Waals surface area (Å²) in [5, 5.41) is 0. The van der Waals surface area contributed by atoms with Crippen LogP contribution in [0.25, 0.3) is 0 Å². The molecule has 7 heteroatoms. The maximum absolute atomic E-state index is 12.2. The quantitative estimate of drug-likeness (QED) is 0.825. The molecule has 1 N–H and O–H groups in total. The van der Waals surface area contributed by atoms with E-state index in [0.717, 1.165) is 0 Å². The van der Waals surface area contributed by atoms with E-state index in [1.54, 1.807) is 43.3 Å². The molecule has 0 amide bonds. The lowest BCUT2D eigenvalue weighted by Crippen LogP contribution is -2.19. The van der Waals surface area contributed by atoms with Crippen molar-refractivity contribution in [1.29, 1.82) is 0 Å². The molecule has 0 aliphatic heterocycles. The number of hydrogen-bond donors (Lipinski definition) is 1. The van der Waals surface area contributed by atoms with E-state index in [0.29, 0.717) is 5.56 Å². The molecule has 0 saturated heterocycles. The number of hydrogen-bond acceptors (Lipinski definition) is 5. The van der Waals surface area contributed by atoms with Crippen LogP contribution in [0, 0.1) is 0 Å². The number of esters is 1. The fourth-order valence-corrected chi connectivity index (χ4v) is 3.00. The highest BCUT2D eigenvalue weighted by Gasteiger charge is 2.18. The Morgan fingerprint density at radius 1 is 1.18 bits per heavy atom. The first kappa shape index (κ1) is 16.0. The minimum Gasteiger partial charge on any atom is -0.462 e. The lowest BCUT2D eigenvalue weighted by molar-refractivity contribution is 0.0527. The van der Waals surface area contributed by atoms with Crippen molar-refractivity contribution in [2.75, 3.05) is 11.3 Å². The zero-order chi connectivity index (χ0) is 16.0. The molecule has 22 heavy (non-hydrogen) atoms. The summed E-state index contributed by atoms with van der Waals surface area (Å²) in [5.74, 6) is -0.850. The van der Waals surface area contributed by atoms with Crippen molar-refractivity contribution in [2.45, 2.75) is 12.7 Å². The average molecular weight is 320 g/mol. The Bertz CT molecular complexity index is 745. The summed E-state index contributed by atoms with van der Waals surface area (Å²) in [6.07, 6.45) is 1.41. The van der Waals surface area contributed by atoms with E-state index in [9.17, 15) is 13.2 Å². The molecule has 0 saturated carbocycles. The first-order chi connectivity index (χ1) is 10.5. The van der Waals surface area contributed by atoms with E-state index in [1.807, 2.05) is 0 Å². The van der Waals surface area contributed by atoms with Crippen LogP contribution in [-0.4, -0.2) is 26.0 Å². The summed E-state index contributed by atoms with van der Waals surface area (Å²) >= 11 is 0. The number of nitrogens with one attached hydrogen (secondary N) is 1. The van der Waals surface area contributed by atoms with Crippen LogP contribution in [0.1, 0.15) is 22.8 Å². The standard InChI is InChI=1S/C15H16N2O4S/c1-2-21-15(18)13-9-6-10-16-14(13)17-22(19,20)11-12-7-4-3-5-8-12/h3-10H,2,11H2,1H3,(H,16,17). The second-order valence-corrected chi connectivity index (χ2v) is 6.19. The zero-order valence-electron chi connectivity index (χ0n) is 12.0. The van der Waals surface area contributed by atoms with Crippen molar-refractivity contribution < 1.29 is 17.9 Å². The molecule has 0 aliphatic rings. The van der Waals surface area contributed by atoms with Gasteiger partial charge in [0.1, 0.15) is 5.56 Å². The first-order valence-electron chi connectivity index (χ1n) is 6.68. The van der Waals surface area contributed by atoms with Crippen molar-refractivity contribution in [2.24, 2.45) is 0 Å². The number of nitrogens with zero attached hydrogens (tertiary/aromatic N) is 1. The fraction of sp³-hybridized carbons (Fsp3) is 0.200. The highest BCUT2D eigenvalue weighted by molar-refractivity contribution is 7.91. The molecule has 1 aromatic heterocycles. The molecule has 116 valence electrons. The van der Waals surface area contributed by atoms with Gasteiger partial charge in [-0.1, -0.05) is 30.3 Å². The number of anilines is 1. The first-order valence-corrected chi connectivity index (χ1v) is 8.33. The molecule has 6 nitrogen and oxygen atoms in total. The van der Waals surface area contributed by atoms with Crippen LogP contribution in [0.15, 0.2) is 48.7 Å². The predicted molar refractivity (Wildman–Crippen MR) is 82.9 cm³/mol. The van der Waals surface area contributed by atoms with Crippen LogP contribution in [0.5, 0.6) is 0 Å². The maximum atomic E-state index is 12.2. The van der Waals surface area contributed by atoms with Gasteiger partial charge in [-0.15, -0.1) is 0 Å². The second-order valence-electron chi connectivity index (χ2n) is 4.47. The number of rotatable bonds is 6. The minimum absolute atomic E-state index is 0.0307. The molecule has 0 bridgehead atoms. The van der Waals surface area contributed by atoms with Crippen LogP contribution < -0.4 is 4.72 Å². The van der Waals surface area contributed by atoms with E-state index < -0.39 is 16.0 Å². The minimum atomic E-state index is -3.68. The zero-order valence-corrected chi connectivity index (χ0v) is 12.8.